The fraction of sp³-hybridized carbons (Fsp3) is 0.174. The summed E-state index contributed by atoms with van der Waals surface area (Å²) in [6.45, 7) is 3.91. The summed E-state index contributed by atoms with van der Waals surface area (Å²) < 4.78 is 22.7. The van der Waals surface area contributed by atoms with Gasteiger partial charge in [0.2, 0.25) is 0 Å². The van der Waals surface area contributed by atoms with Gasteiger partial charge in [-0.2, -0.15) is 0 Å². The monoisotopic (exact) mass is 402 g/mol. The molecular formula is C23H19FN4O2. The molecule has 0 unspecified atom stereocenters. The normalized spacial score (nSPS) is 11.6. The maximum atomic E-state index is 13.2. The Morgan fingerprint density at radius 1 is 1.07 bits per heavy atom. The van der Waals surface area contributed by atoms with E-state index in [4.69, 9.17) is 14.7 Å². The van der Waals surface area contributed by atoms with Crippen LogP contribution in [0.4, 0.5) is 4.39 Å². The number of carbonyl (C=O) groups is 1. The summed E-state index contributed by atoms with van der Waals surface area (Å²) in [5, 5.41) is 0.700. The molecule has 3 aromatic heterocycles. The Hall–Kier alpha value is -3.74. The summed E-state index contributed by atoms with van der Waals surface area (Å²) in [4.78, 5) is 21.3. The van der Waals surface area contributed by atoms with E-state index in [9.17, 15) is 9.18 Å². The van der Waals surface area contributed by atoms with Crippen LogP contribution in [0.2, 0.25) is 0 Å². The molecule has 0 aliphatic carbocycles. The Balaban J connectivity index is 1.69. The summed E-state index contributed by atoms with van der Waals surface area (Å²) in [5.74, 6) is 0.571. The molecule has 3 heterocycles. The van der Waals surface area contributed by atoms with Gasteiger partial charge < -0.3 is 9.30 Å². The highest BCUT2D eigenvalue weighted by atomic mass is 19.1. The van der Waals surface area contributed by atoms with Crippen molar-refractivity contribution in [3.63, 3.8) is 0 Å². The van der Waals surface area contributed by atoms with Crippen molar-refractivity contribution in [2.45, 2.75) is 26.8 Å². The van der Waals surface area contributed by atoms with E-state index < -0.39 is 5.97 Å². The molecule has 0 N–H and O–H groups in total. The zero-order chi connectivity index (χ0) is 20.8. The largest absolute Gasteiger partial charge is 0.424 e. The molecule has 0 saturated carbocycles. The molecule has 0 atom stereocenters. The molecule has 0 saturated heterocycles. The number of carbonyl (C=O) groups excluding carboxylic acids is 1. The van der Waals surface area contributed by atoms with Gasteiger partial charge in [-0.1, -0.05) is 24.3 Å². The first-order valence-electron chi connectivity index (χ1n) is 9.71. The first-order valence-corrected chi connectivity index (χ1v) is 9.71. The summed E-state index contributed by atoms with van der Waals surface area (Å²) in [7, 11) is 0. The number of fused-ring (bicyclic) bond motifs is 5. The molecule has 6 nitrogen and oxygen atoms in total. The lowest BCUT2D eigenvalue weighted by Gasteiger charge is -2.07. The van der Waals surface area contributed by atoms with Gasteiger partial charge in [0.1, 0.15) is 22.7 Å². The predicted octanol–water partition coefficient (Wildman–Crippen LogP) is 4.45. The van der Waals surface area contributed by atoms with E-state index in [1.807, 2.05) is 40.2 Å². The van der Waals surface area contributed by atoms with Gasteiger partial charge in [-0.05, 0) is 43.2 Å². The van der Waals surface area contributed by atoms with Gasteiger partial charge in [-0.25, -0.2) is 14.4 Å². The van der Waals surface area contributed by atoms with Crippen molar-refractivity contribution in [1.82, 2.24) is 18.9 Å². The molecule has 0 aliphatic heterocycles. The number of para-hydroxylation sites is 2. The minimum absolute atomic E-state index is 0.256. The van der Waals surface area contributed by atoms with Crippen molar-refractivity contribution in [2.75, 3.05) is 0 Å². The van der Waals surface area contributed by atoms with Crippen LogP contribution >= 0.6 is 0 Å². The van der Waals surface area contributed by atoms with Crippen molar-refractivity contribution < 1.29 is 13.9 Å². The lowest BCUT2D eigenvalue weighted by molar-refractivity contribution is -0.131. The Kier molecular flexibility index (Phi) is 4.24. The molecule has 0 amide bonds. The number of aryl methyl sites for hydroxylation is 3. The van der Waals surface area contributed by atoms with Crippen LogP contribution in [0.1, 0.15) is 18.3 Å². The number of imidazole rings is 1. The Morgan fingerprint density at radius 3 is 2.60 bits per heavy atom. The minimum Gasteiger partial charge on any atom is -0.424 e. The van der Waals surface area contributed by atoms with E-state index in [0.29, 0.717) is 35.4 Å². The molecule has 0 fully saturated rings. The van der Waals surface area contributed by atoms with Gasteiger partial charge in [0.25, 0.3) is 0 Å². The molecule has 7 heteroatoms. The SMILES string of the molecule is CC(=O)Oc1cn(CCc2ccc(F)cc2)c2nc(C)n3c4ccccc4nc3c12. The van der Waals surface area contributed by atoms with E-state index in [0.717, 1.165) is 22.4 Å². The number of rotatable bonds is 4. The Labute approximate surface area is 171 Å². The molecule has 5 rings (SSSR count). The van der Waals surface area contributed by atoms with E-state index in [2.05, 4.69) is 0 Å². The van der Waals surface area contributed by atoms with Crippen LogP contribution < -0.4 is 4.74 Å². The molecule has 0 spiro atoms. The van der Waals surface area contributed by atoms with Crippen LogP contribution in [0, 0.1) is 12.7 Å². The molecule has 150 valence electrons. The molecule has 0 radical (unpaired) electrons. The smallest absolute Gasteiger partial charge is 0.308 e. The molecule has 5 aromatic rings. The number of esters is 1. The van der Waals surface area contributed by atoms with E-state index in [-0.39, 0.29) is 5.82 Å². The number of nitrogens with zero attached hydrogens (tertiary/aromatic N) is 4. The third-order valence-electron chi connectivity index (χ3n) is 5.20. The zero-order valence-electron chi connectivity index (χ0n) is 16.6. The van der Waals surface area contributed by atoms with Crippen LogP contribution in [0.3, 0.4) is 0 Å². The third-order valence-corrected chi connectivity index (χ3v) is 5.20. The van der Waals surface area contributed by atoms with Gasteiger partial charge in [-0.3, -0.25) is 9.20 Å². The van der Waals surface area contributed by atoms with E-state index in [1.54, 1.807) is 18.3 Å². The number of halogens is 1. The molecular weight excluding hydrogens is 383 g/mol. The van der Waals surface area contributed by atoms with E-state index in [1.165, 1.54) is 19.1 Å². The quantitative estimate of drug-likeness (QED) is 0.417. The molecule has 0 aliphatic rings. The highest BCUT2D eigenvalue weighted by molar-refractivity contribution is 6.00. The number of hydrogen-bond acceptors (Lipinski definition) is 4. The highest BCUT2D eigenvalue weighted by Crippen LogP contribution is 2.33. The van der Waals surface area contributed by atoms with Crippen molar-refractivity contribution in [3.8, 4) is 5.75 Å². The zero-order valence-corrected chi connectivity index (χ0v) is 16.6. The maximum absolute atomic E-state index is 13.2. The highest BCUT2D eigenvalue weighted by Gasteiger charge is 2.20. The molecule has 2 aromatic carbocycles. The van der Waals surface area contributed by atoms with Crippen molar-refractivity contribution in [3.05, 3.63) is 71.9 Å². The van der Waals surface area contributed by atoms with Gasteiger partial charge in [0, 0.05) is 19.7 Å². The predicted molar refractivity (Wildman–Crippen MR) is 112 cm³/mol. The Bertz CT molecular complexity index is 1420. The fourth-order valence-corrected chi connectivity index (χ4v) is 3.88. The topological polar surface area (TPSA) is 61.4 Å². The van der Waals surface area contributed by atoms with Gasteiger partial charge in [0.05, 0.1) is 11.0 Å². The lowest BCUT2D eigenvalue weighted by Crippen LogP contribution is -2.03. The average Bonchev–Trinajstić information content (AvgIpc) is 3.26. The molecule has 0 bridgehead atoms. The summed E-state index contributed by atoms with van der Waals surface area (Å²) >= 11 is 0. The van der Waals surface area contributed by atoms with Crippen LogP contribution in [0.15, 0.2) is 54.7 Å². The van der Waals surface area contributed by atoms with Gasteiger partial charge >= 0.3 is 5.97 Å². The number of ether oxygens (including phenoxy) is 1. The molecule has 30 heavy (non-hydrogen) atoms. The second-order valence-electron chi connectivity index (χ2n) is 7.27. The van der Waals surface area contributed by atoms with Crippen LogP contribution in [-0.4, -0.2) is 24.9 Å². The van der Waals surface area contributed by atoms with Crippen molar-refractivity contribution in [2.24, 2.45) is 0 Å². The number of benzene rings is 2. The first-order chi connectivity index (χ1) is 14.5. The van der Waals surface area contributed by atoms with Gasteiger partial charge in [0.15, 0.2) is 11.4 Å². The number of hydrogen-bond donors (Lipinski definition) is 0. The number of aromatic nitrogens is 4. The van der Waals surface area contributed by atoms with Crippen LogP contribution in [0.5, 0.6) is 5.75 Å². The average molecular weight is 402 g/mol. The van der Waals surface area contributed by atoms with Crippen LogP contribution in [0.25, 0.3) is 27.7 Å². The fourth-order valence-electron chi connectivity index (χ4n) is 3.88. The second kappa shape index (κ2) is 6.95. The maximum Gasteiger partial charge on any atom is 0.308 e. The van der Waals surface area contributed by atoms with Crippen molar-refractivity contribution >= 4 is 33.7 Å². The lowest BCUT2D eigenvalue weighted by atomic mass is 10.1. The first kappa shape index (κ1) is 18.3. The summed E-state index contributed by atoms with van der Waals surface area (Å²) in [5.41, 5.74) is 4.22. The Morgan fingerprint density at radius 2 is 1.83 bits per heavy atom. The standard InChI is InChI=1S/C23H19FN4O2/c1-14-25-22-21(23-26-18-5-3-4-6-19(18)28(14)23)20(30-15(2)29)13-27(22)12-11-16-7-9-17(24)10-8-16/h3-10,13H,11-12H2,1-2H3. The second-order valence-corrected chi connectivity index (χ2v) is 7.27. The summed E-state index contributed by atoms with van der Waals surface area (Å²) in [6, 6.07) is 14.3. The third kappa shape index (κ3) is 2.99. The summed E-state index contributed by atoms with van der Waals surface area (Å²) in [6.07, 6.45) is 2.48. The van der Waals surface area contributed by atoms with Crippen LogP contribution in [-0.2, 0) is 17.8 Å². The minimum atomic E-state index is -0.401. The van der Waals surface area contributed by atoms with Crippen molar-refractivity contribution in [1.29, 1.82) is 0 Å². The van der Waals surface area contributed by atoms with Gasteiger partial charge in [-0.15, -0.1) is 0 Å². The van der Waals surface area contributed by atoms with E-state index >= 15 is 0 Å².